The van der Waals surface area contributed by atoms with E-state index in [1.165, 1.54) is 19.3 Å². The number of nitrogens with zero attached hydrogens (tertiary/aromatic N) is 3. The molecule has 1 aliphatic heterocycles. The van der Waals surface area contributed by atoms with Gasteiger partial charge in [0.1, 0.15) is 5.82 Å². The maximum absolute atomic E-state index is 12.7. The van der Waals surface area contributed by atoms with Crippen molar-refractivity contribution in [3.63, 3.8) is 0 Å². The molecule has 1 fully saturated rings. The average molecular weight is 429 g/mol. The fourth-order valence-electron chi connectivity index (χ4n) is 4.63. The normalized spacial score (nSPS) is 16.6. The summed E-state index contributed by atoms with van der Waals surface area (Å²) in [4.78, 5) is 27.1. The summed E-state index contributed by atoms with van der Waals surface area (Å²) in [6.45, 7) is 1.06. The topological polar surface area (TPSA) is 67.2 Å². The number of carbonyl (C=O) groups excluding carboxylic acids is 2. The Morgan fingerprint density at radius 1 is 1.00 bits per heavy atom. The first-order valence-corrected chi connectivity index (χ1v) is 11.5. The molecular formula is C26H28N4O2. The van der Waals surface area contributed by atoms with Gasteiger partial charge in [-0.15, -0.1) is 0 Å². The summed E-state index contributed by atoms with van der Waals surface area (Å²) in [5.74, 6) is 0.901. The fraction of sp³-hybridized carbons (Fsp3) is 0.346. The molecule has 0 spiro atoms. The van der Waals surface area contributed by atoms with Crippen molar-refractivity contribution >= 4 is 17.6 Å². The maximum Gasteiger partial charge on any atom is 0.251 e. The monoisotopic (exact) mass is 428 g/mol. The molecule has 6 nitrogen and oxygen atoms in total. The van der Waals surface area contributed by atoms with E-state index in [0.717, 1.165) is 35.5 Å². The Balaban J connectivity index is 1.30. The van der Waals surface area contributed by atoms with Gasteiger partial charge in [0, 0.05) is 29.7 Å². The zero-order valence-corrected chi connectivity index (χ0v) is 18.2. The van der Waals surface area contributed by atoms with Crippen LogP contribution in [0.5, 0.6) is 0 Å². The second kappa shape index (κ2) is 8.99. The average Bonchev–Trinajstić information content (AvgIpc) is 3.27. The molecular weight excluding hydrogens is 400 g/mol. The Labute approximate surface area is 188 Å². The molecule has 1 aromatic heterocycles. The Kier molecular flexibility index (Phi) is 5.75. The van der Waals surface area contributed by atoms with Gasteiger partial charge in [-0.2, -0.15) is 5.10 Å². The van der Waals surface area contributed by atoms with Crippen LogP contribution in [0.1, 0.15) is 54.4 Å². The van der Waals surface area contributed by atoms with Crippen LogP contribution in [0.25, 0.3) is 11.3 Å². The summed E-state index contributed by atoms with van der Waals surface area (Å²) < 4.78 is 1.91. The molecule has 2 aliphatic rings. The van der Waals surface area contributed by atoms with Crippen molar-refractivity contribution in [2.24, 2.45) is 0 Å². The zero-order valence-electron chi connectivity index (χ0n) is 18.2. The van der Waals surface area contributed by atoms with E-state index >= 15 is 0 Å². The lowest BCUT2D eigenvalue weighted by molar-refractivity contribution is -0.119. The van der Waals surface area contributed by atoms with Gasteiger partial charge in [-0.3, -0.25) is 14.5 Å². The number of aryl methyl sites for hydroxylation is 1. The largest absolute Gasteiger partial charge is 0.349 e. The smallest absolute Gasteiger partial charge is 0.251 e. The van der Waals surface area contributed by atoms with Gasteiger partial charge in [0.05, 0.1) is 18.8 Å². The van der Waals surface area contributed by atoms with Crippen molar-refractivity contribution in [1.82, 2.24) is 15.1 Å². The van der Waals surface area contributed by atoms with Crippen molar-refractivity contribution in [3.8, 4) is 11.3 Å². The molecule has 1 N–H and O–H groups in total. The SMILES string of the molecule is O=C(NC1CCCCC1)c1ccc(CN2C(=O)CCn3nc(-c4ccccc4)cc32)cc1. The van der Waals surface area contributed by atoms with Crippen LogP contribution < -0.4 is 10.2 Å². The quantitative estimate of drug-likeness (QED) is 0.648. The summed E-state index contributed by atoms with van der Waals surface area (Å²) in [7, 11) is 0. The minimum Gasteiger partial charge on any atom is -0.349 e. The van der Waals surface area contributed by atoms with Gasteiger partial charge in [-0.25, -0.2) is 4.68 Å². The molecule has 5 rings (SSSR count). The number of benzene rings is 2. The number of anilines is 1. The van der Waals surface area contributed by atoms with Crippen LogP contribution in [0.15, 0.2) is 60.7 Å². The van der Waals surface area contributed by atoms with Gasteiger partial charge >= 0.3 is 0 Å². The predicted molar refractivity (Wildman–Crippen MR) is 124 cm³/mol. The van der Waals surface area contributed by atoms with Gasteiger partial charge in [0.15, 0.2) is 0 Å². The van der Waals surface area contributed by atoms with Crippen LogP contribution in [0, 0.1) is 0 Å². The lowest BCUT2D eigenvalue weighted by Crippen LogP contribution is -2.37. The molecule has 32 heavy (non-hydrogen) atoms. The van der Waals surface area contributed by atoms with Crippen LogP contribution in [0.2, 0.25) is 0 Å². The second-order valence-electron chi connectivity index (χ2n) is 8.71. The van der Waals surface area contributed by atoms with E-state index < -0.39 is 0 Å². The van der Waals surface area contributed by atoms with E-state index in [0.29, 0.717) is 31.1 Å². The summed E-state index contributed by atoms with van der Waals surface area (Å²) in [5.41, 5.74) is 3.56. The number of rotatable bonds is 5. The molecule has 3 aromatic rings. The first-order chi connectivity index (χ1) is 15.7. The summed E-state index contributed by atoms with van der Waals surface area (Å²) >= 11 is 0. The van der Waals surface area contributed by atoms with Crippen LogP contribution >= 0.6 is 0 Å². The number of hydrogen-bond acceptors (Lipinski definition) is 3. The highest BCUT2D eigenvalue weighted by Gasteiger charge is 2.26. The van der Waals surface area contributed by atoms with Gasteiger partial charge in [0.2, 0.25) is 5.91 Å². The number of nitrogens with one attached hydrogen (secondary N) is 1. The van der Waals surface area contributed by atoms with Crippen LogP contribution in [0.3, 0.4) is 0 Å². The molecule has 0 bridgehead atoms. The first-order valence-electron chi connectivity index (χ1n) is 11.5. The first kappa shape index (κ1) is 20.5. The van der Waals surface area contributed by atoms with E-state index in [1.54, 1.807) is 4.90 Å². The van der Waals surface area contributed by atoms with E-state index in [1.807, 2.05) is 65.3 Å². The van der Waals surface area contributed by atoms with Crippen molar-refractivity contribution in [2.75, 3.05) is 4.90 Å². The Morgan fingerprint density at radius 3 is 2.50 bits per heavy atom. The van der Waals surface area contributed by atoms with Crippen LogP contribution in [-0.2, 0) is 17.9 Å². The highest BCUT2D eigenvalue weighted by molar-refractivity contribution is 5.95. The van der Waals surface area contributed by atoms with Crippen LogP contribution in [0.4, 0.5) is 5.82 Å². The third kappa shape index (κ3) is 4.31. The van der Waals surface area contributed by atoms with Gasteiger partial charge in [-0.1, -0.05) is 61.7 Å². The van der Waals surface area contributed by atoms with Gasteiger partial charge in [-0.05, 0) is 30.5 Å². The lowest BCUT2D eigenvalue weighted by atomic mass is 9.95. The lowest BCUT2D eigenvalue weighted by Gasteiger charge is -2.27. The number of aromatic nitrogens is 2. The molecule has 1 aliphatic carbocycles. The molecule has 2 heterocycles. The Morgan fingerprint density at radius 2 is 1.75 bits per heavy atom. The number of amides is 2. The third-order valence-electron chi connectivity index (χ3n) is 6.44. The van der Waals surface area contributed by atoms with Crippen molar-refractivity contribution in [1.29, 1.82) is 0 Å². The fourth-order valence-corrected chi connectivity index (χ4v) is 4.63. The molecule has 0 unspecified atom stereocenters. The molecule has 164 valence electrons. The second-order valence-corrected chi connectivity index (χ2v) is 8.71. The highest BCUT2D eigenvalue weighted by atomic mass is 16.2. The number of carbonyl (C=O) groups is 2. The van der Waals surface area contributed by atoms with Gasteiger partial charge < -0.3 is 5.32 Å². The van der Waals surface area contributed by atoms with Crippen LogP contribution in [-0.4, -0.2) is 27.6 Å². The van der Waals surface area contributed by atoms with E-state index in [9.17, 15) is 9.59 Å². The predicted octanol–water partition coefficient (Wildman–Crippen LogP) is 4.55. The number of fused-ring (bicyclic) bond motifs is 1. The molecule has 6 heteroatoms. The molecule has 0 radical (unpaired) electrons. The van der Waals surface area contributed by atoms with E-state index in [-0.39, 0.29) is 11.8 Å². The Hall–Kier alpha value is -3.41. The van der Waals surface area contributed by atoms with Crippen molar-refractivity contribution in [3.05, 3.63) is 71.8 Å². The maximum atomic E-state index is 12.7. The molecule has 1 saturated carbocycles. The standard InChI is InChI=1S/C26H28N4O2/c31-25-15-16-30-24(17-23(28-30)20-7-3-1-4-8-20)29(25)18-19-11-13-21(14-12-19)26(32)27-22-9-5-2-6-10-22/h1,3-4,7-8,11-14,17,22H,2,5-6,9-10,15-16,18H2,(H,27,32). The summed E-state index contributed by atoms with van der Waals surface area (Å²) in [6, 6.07) is 19.9. The number of hydrogen-bond donors (Lipinski definition) is 1. The molecule has 0 saturated heterocycles. The molecule has 2 amide bonds. The third-order valence-corrected chi connectivity index (χ3v) is 6.44. The van der Waals surface area contributed by atoms with E-state index in [2.05, 4.69) is 5.32 Å². The molecule has 0 atom stereocenters. The minimum absolute atomic E-state index is 0.0110. The highest BCUT2D eigenvalue weighted by Crippen LogP contribution is 2.29. The molecule has 2 aromatic carbocycles. The Bertz CT molecular complexity index is 1100. The van der Waals surface area contributed by atoms with Crippen molar-refractivity contribution in [2.45, 2.75) is 57.7 Å². The zero-order chi connectivity index (χ0) is 21.9. The van der Waals surface area contributed by atoms with E-state index in [4.69, 9.17) is 5.10 Å². The van der Waals surface area contributed by atoms with Gasteiger partial charge in [0.25, 0.3) is 5.91 Å². The summed E-state index contributed by atoms with van der Waals surface area (Å²) in [6.07, 6.45) is 6.22. The summed E-state index contributed by atoms with van der Waals surface area (Å²) in [5, 5.41) is 7.87. The minimum atomic E-state index is -0.0110. The van der Waals surface area contributed by atoms with Crippen molar-refractivity contribution < 1.29 is 9.59 Å².